The number of halogens is 3. The Morgan fingerprint density at radius 2 is 1.62 bits per heavy atom. The summed E-state index contributed by atoms with van der Waals surface area (Å²) in [7, 11) is 0. The molecule has 0 atom stereocenters. The normalized spacial score (nSPS) is 18.0. The quantitative estimate of drug-likeness (QED) is 0.358. The number of aryl methyl sites for hydroxylation is 2. The van der Waals surface area contributed by atoms with Gasteiger partial charge in [-0.05, 0) is 72.8 Å². The van der Waals surface area contributed by atoms with Crippen molar-refractivity contribution in [3.05, 3.63) is 101 Å². The highest BCUT2D eigenvalue weighted by Gasteiger charge is 2.25. The molecular formula is C29H29F3O2. The summed E-state index contributed by atoms with van der Waals surface area (Å²) >= 11 is 0. The van der Waals surface area contributed by atoms with Gasteiger partial charge in [0, 0.05) is 11.6 Å². The highest BCUT2D eigenvalue weighted by atomic mass is 19.2. The molecule has 0 amide bonds. The van der Waals surface area contributed by atoms with Crippen molar-refractivity contribution in [3.8, 4) is 16.9 Å². The van der Waals surface area contributed by atoms with Gasteiger partial charge in [0.05, 0.1) is 6.10 Å². The molecule has 0 radical (unpaired) electrons. The maximum absolute atomic E-state index is 14.9. The minimum atomic E-state index is -0.836. The minimum absolute atomic E-state index is 0.0580. The van der Waals surface area contributed by atoms with Crippen LogP contribution in [0.15, 0.2) is 67.3 Å². The molecule has 3 aromatic rings. The highest BCUT2D eigenvalue weighted by Crippen LogP contribution is 2.37. The maximum atomic E-state index is 14.9. The molecule has 0 spiro atoms. The summed E-state index contributed by atoms with van der Waals surface area (Å²) in [6.45, 7) is 3.90. The van der Waals surface area contributed by atoms with Gasteiger partial charge in [0.2, 0.25) is 0 Å². The van der Waals surface area contributed by atoms with Crippen molar-refractivity contribution in [2.45, 2.75) is 50.5 Å². The van der Waals surface area contributed by atoms with E-state index < -0.39 is 11.6 Å². The summed E-state index contributed by atoms with van der Waals surface area (Å²) in [5.41, 5.74) is 2.79. The summed E-state index contributed by atoms with van der Waals surface area (Å²) in [4.78, 5) is 0. The summed E-state index contributed by atoms with van der Waals surface area (Å²) in [6, 6.07) is 15.4. The lowest BCUT2D eigenvalue weighted by Gasteiger charge is -2.26. The zero-order valence-corrected chi connectivity index (χ0v) is 19.1. The van der Waals surface area contributed by atoms with Crippen LogP contribution in [0.2, 0.25) is 0 Å². The monoisotopic (exact) mass is 466 g/mol. The van der Waals surface area contributed by atoms with E-state index >= 15 is 0 Å². The Morgan fingerprint density at radius 3 is 2.29 bits per heavy atom. The number of aliphatic hydroxyl groups is 1. The van der Waals surface area contributed by atoms with Gasteiger partial charge in [-0.3, -0.25) is 0 Å². The second kappa shape index (κ2) is 10.9. The Kier molecular flexibility index (Phi) is 7.73. The largest absolute Gasteiger partial charge is 0.489 e. The number of ether oxygens (including phenoxy) is 1. The Bertz CT molecular complexity index is 1130. The van der Waals surface area contributed by atoms with Crippen molar-refractivity contribution < 1.29 is 23.0 Å². The molecule has 0 saturated heterocycles. The van der Waals surface area contributed by atoms with Crippen molar-refractivity contribution >= 4 is 0 Å². The molecule has 1 aliphatic carbocycles. The van der Waals surface area contributed by atoms with E-state index in [4.69, 9.17) is 4.74 Å². The van der Waals surface area contributed by atoms with Crippen LogP contribution in [0.1, 0.15) is 48.3 Å². The second-order valence-electron chi connectivity index (χ2n) is 8.89. The predicted molar refractivity (Wildman–Crippen MR) is 129 cm³/mol. The molecule has 1 fully saturated rings. The fraction of sp³-hybridized carbons (Fsp3) is 0.310. The number of aliphatic hydroxyl groups excluding tert-OH is 1. The molecule has 178 valence electrons. The molecule has 5 heteroatoms. The van der Waals surface area contributed by atoms with E-state index in [0.29, 0.717) is 67.6 Å². The molecule has 0 aliphatic heterocycles. The van der Waals surface area contributed by atoms with Gasteiger partial charge in [-0.15, -0.1) is 0 Å². The highest BCUT2D eigenvalue weighted by molar-refractivity contribution is 5.65. The molecular weight excluding hydrogens is 437 g/mol. The molecule has 3 aromatic carbocycles. The van der Waals surface area contributed by atoms with Crippen LogP contribution in [-0.2, 0) is 12.8 Å². The smallest absolute Gasteiger partial charge is 0.166 e. The lowest BCUT2D eigenvalue weighted by molar-refractivity contribution is 0.122. The molecule has 1 saturated carbocycles. The van der Waals surface area contributed by atoms with Gasteiger partial charge >= 0.3 is 0 Å². The van der Waals surface area contributed by atoms with Gasteiger partial charge in [-0.2, -0.15) is 0 Å². The van der Waals surface area contributed by atoms with E-state index in [2.05, 4.69) is 6.58 Å². The molecule has 0 bridgehead atoms. The third kappa shape index (κ3) is 5.53. The summed E-state index contributed by atoms with van der Waals surface area (Å²) in [6.07, 6.45) is 4.96. The van der Waals surface area contributed by atoms with Crippen LogP contribution in [-0.4, -0.2) is 17.8 Å². The minimum Gasteiger partial charge on any atom is -0.489 e. The van der Waals surface area contributed by atoms with Crippen LogP contribution in [0, 0.1) is 17.5 Å². The first kappa shape index (κ1) is 24.1. The second-order valence-corrected chi connectivity index (χ2v) is 8.89. The zero-order chi connectivity index (χ0) is 24.1. The van der Waals surface area contributed by atoms with Crippen molar-refractivity contribution in [3.63, 3.8) is 0 Å². The van der Waals surface area contributed by atoms with Crippen LogP contribution in [0.5, 0.6) is 5.75 Å². The van der Waals surface area contributed by atoms with Gasteiger partial charge in [-0.1, -0.05) is 55.1 Å². The molecule has 1 N–H and O–H groups in total. The van der Waals surface area contributed by atoms with Gasteiger partial charge in [0.15, 0.2) is 11.6 Å². The lowest BCUT2D eigenvalue weighted by atomic mass is 9.82. The van der Waals surface area contributed by atoms with Crippen molar-refractivity contribution in [1.82, 2.24) is 0 Å². The van der Waals surface area contributed by atoms with E-state index in [1.54, 1.807) is 42.5 Å². The van der Waals surface area contributed by atoms with Gasteiger partial charge in [0.1, 0.15) is 18.2 Å². The molecule has 2 nitrogen and oxygen atoms in total. The van der Waals surface area contributed by atoms with Crippen LogP contribution >= 0.6 is 0 Å². The standard InChI is InChI=1S/C29H29F3O2/c1-2-17-34-24-14-11-22(27(30)18-24)8-5-19-3-6-20(7-4-19)25-15-16-26(29(32)28(25)31)21-9-12-23(33)13-10-21/h2-4,6-7,11,14-16,18,21,23,33H,1,5,8-10,12-13,17H2. The third-order valence-corrected chi connectivity index (χ3v) is 6.59. The summed E-state index contributed by atoms with van der Waals surface area (Å²) in [5, 5.41) is 9.67. The first-order valence-corrected chi connectivity index (χ1v) is 11.7. The van der Waals surface area contributed by atoms with Crippen LogP contribution in [0.4, 0.5) is 13.2 Å². The maximum Gasteiger partial charge on any atom is 0.166 e. The van der Waals surface area contributed by atoms with Gasteiger partial charge < -0.3 is 9.84 Å². The Morgan fingerprint density at radius 1 is 0.882 bits per heavy atom. The number of hydrogen-bond acceptors (Lipinski definition) is 2. The van der Waals surface area contributed by atoms with E-state index in [1.165, 1.54) is 6.07 Å². The van der Waals surface area contributed by atoms with E-state index in [0.717, 1.165) is 5.56 Å². The Labute approximate surface area is 198 Å². The molecule has 0 unspecified atom stereocenters. The topological polar surface area (TPSA) is 29.5 Å². The van der Waals surface area contributed by atoms with E-state index in [-0.39, 0.29) is 23.4 Å². The molecule has 0 heterocycles. The summed E-state index contributed by atoms with van der Waals surface area (Å²) < 4.78 is 49.5. The van der Waals surface area contributed by atoms with Crippen LogP contribution in [0.3, 0.4) is 0 Å². The average molecular weight is 467 g/mol. The molecule has 0 aromatic heterocycles. The zero-order valence-electron chi connectivity index (χ0n) is 19.1. The molecule has 4 rings (SSSR count). The summed E-state index contributed by atoms with van der Waals surface area (Å²) in [5.74, 6) is -1.54. The third-order valence-electron chi connectivity index (χ3n) is 6.59. The van der Waals surface area contributed by atoms with Crippen LogP contribution < -0.4 is 4.74 Å². The van der Waals surface area contributed by atoms with E-state index in [9.17, 15) is 18.3 Å². The van der Waals surface area contributed by atoms with E-state index in [1.807, 2.05) is 12.1 Å². The number of benzene rings is 3. The predicted octanol–water partition coefficient (Wildman–Crippen LogP) is 7.14. The SMILES string of the molecule is C=CCOc1ccc(CCc2ccc(-c3ccc(C4CCC(O)CC4)c(F)c3F)cc2)c(F)c1. The van der Waals surface area contributed by atoms with Crippen molar-refractivity contribution in [2.24, 2.45) is 0 Å². The molecule has 1 aliphatic rings. The fourth-order valence-corrected chi connectivity index (χ4v) is 4.60. The average Bonchev–Trinajstić information content (AvgIpc) is 2.85. The van der Waals surface area contributed by atoms with Crippen molar-refractivity contribution in [2.75, 3.05) is 6.61 Å². The number of rotatable bonds is 8. The first-order valence-electron chi connectivity index (χ1n) is 11.7. The van der Waals surface area contributed by atoms with Gasteiger partial charge in [-0.25, -0.2) is 13.2 Å². The number of hydrogen-bond donors (Lipinski definition) is 1. The van der Waals surface area contributed by atoms with Gasteiger partial charge in [0.25, 0.3) is 0 Å². The fourth-order valence-electron chi connectivity index (χ4n) is 4.60. The molecule has 34 heavy (non-hydrogen) atoms. The first-order chi connectivity index (χ1) is 16.5. The Balaban J connectivity index is 1.42. The van der Waals surface area contributed by atoms with Crippen molar-refractivity contribution in [1.29, 1.82) is 0 Å². The Hall–Kier alpha value is -3.05. The lowest BCUT2D eigenvalue weighted by Crippen LogP contribution is -2.18. The van der Waals surface area contributed by atoms with Crippen LogP contribution in [0.25, 0.3) is 11.1 Å².